The number of rotatable bonds is 8. The van der Waals surface area contributed by atoms with Crippen LogP contribution in [0.4, 0.5) is 5.69 Å². The SMILES string of the molecule is CCOCCS(=O)(=O)NCc1ccc(OC)c(N)c1. The molecule has 1 aromatic carbocycles. The molecule has 0 radical (unpaired) electrons. The van der Waals surface area contributed by atoms with Gasteiger partial charge in [-0.3, -0.25) is 0 Å². The topological polar surface area (TPSA) is 90.7 Å². The standard InChI is InChI=1S/C12H20N2O4S/c1-3-18-6-7-19(15,16)14-9-10-4-5-12(17-2)11(13)8-10/h4-5,8,14H,3,6-7,9,13H2,1-2H3. The average Bonchev–Trinajstić information content (AvgIpc) is 2.37. The summed E-state index contributed by atoms with van der Waals surface area (Å²) in [6.45, 7) is 2.71. The van der Waals surface area contributed by atoms with Gasteiger partial charge in [0.05, 0.1) is 25.2 Å². The number of methoxy groups -OCH3 is 1. The highest BCUT2D eigenvalue weighted by Crippen LogP contribution is 2.21. The average molecular weight is 288 g/mol. The van der Waals surface area contributed by atoms with Crippen molar-refractivity contribution >= 4 is 15.7 Å². The summed E-state index contributed by atoms with van der Waals surface area (Å²) in [7, 11) is -1.80. The molecule has 0 aromatic heterocycles. The fraction of sp³-hybridized carbons (Fsp3) is 0.500. The zero-order chi connectivity index (χ0) is 14.3. The van der Waals surface area contributed by atoms with Crippen LogP contribution in [0.1, 0.15) is 12.5 Å². The minimum Gasteiger partial charge on any atom is -0.495 e. The van der Waals surface area contributed by atoms with E-state index >= 15 is 0 Å². The Hall–Kier alpha value is -1.31. The molecule has 0 bridgehead atoms. The van der Waals surface area contributed by atoms with Crippen LogP contribution < -0.4 is 15.2 Å². The Morgan fingerprint density at radius 1 is 1.37 bits per heavy atom. The molecule has 108 valence electrons. The van der Waals surface area contributed by atoms with Crippen LogP contribution in [0.25, 0.3) is 0 Å². The Bertz CT molecular complexity index is 502. The van der Waals surface area contributed by atoms with E-state index in [0.29, 0.717) is 18.0 Å². The first-order valence-corrected chi connectivity index (χ1v) is 7.61. The third kappa shape index (κ3) is 5.46. The molecule has 1 rings (SSSR count). The minimum absolute atomic E-state index is 0.0491. The van der Waals surface area contributed by atoms with Crippen molar-refractivity contribution < 1.29 is 17.9 Å². The Balaban J connectivity index is 2.54. The first-order chi connectivity index (χ1) is 8.98. The van der Waals surface area contributed by atoms with Crippen LogP contribution in [0.3, 0.4) is 0 Å². The molecule has 7 heteroatoms. The van der Waals surface area contributed by atoms with Crippen molar-refractivity contribution in [3.63, 3.8) is 0 Å². The molecule has 0 aliphatic carbocycles. The van der Waals surface area contributed by atoms with E-state index in [2.05, 4.69) is 4.72 Å². The minimum atomic E-state index is -3.33. The molecule has 3 N–H and O–H groups in total. The normalized spacial score (nSPS) is 11.5. The molecular weight excluding hydrogens is 268 g/mol. The number of sulfonamides is 1. The maximum Gasteiger partial charge on any atom is 0.214 e. The zero-order valence-electron chi connectivity index (χ0n) is 11.2. The number of anilines is 1. The van der Waals surface area contributed by atoms with Gasteiger partial charge in [0.1, 0.15) is 5.75 Å². The molecule has 0 unspecified atom stereocenters. The Morgan fingerprint density at radius 2 is 2.11 bits per heavy atom. The molecule has 6 nitrogen and oxygen atoms in total. The van der Waals surface area contributed by atoms with Crippen LogP contribution in [0.15, 0.2) is 18.2 Å². The van der Waals surface area contributed by atoms with E-state index in [1.807, 2.05) is 6.92 Å². The number of hydrogen-bond acceptors (Lipinski definition) is 5. The maximum absolute atomic E-state index is 11.6. The molecule has 0 aliphatic heterocycles. The van der Waals surface area contributed by atoms with Gasteiger partial charge in [0.15, 0.2) is 0 Å². The number of hydrogen-bond donors (Lipinski definition) is 2. The second-order valence-electron chi connectivity index (χ2n) is 3.91. The highest BCUT2D eigenvalue weighted by Gasteiger charge is 2.10. The van der Waals surface area contributed by atoms with Crippen molar-refractivity contribution in [3.8, 4) is 5.75 Å². The molecule has 1 aromatic rings. The molecule has 0 heterocycles. The third-order valence-corrected chi connectivity index (χ3v) is 3.78. The van der Waals surface area contributed by atoms with Gasteiger partial charge >= 0.3 is 0 Å². The summed E-state index contributed by atoms with van der Waals surface area (Å²) in [5, 5.41) is 0. The van der Waals surface area contributed by atoms with Crippen molar-refractivity contribution in [3.05, 3.63) is 23.8 Å². The van der Waals surface area contributed by atoms with Crippen molar-refractivity contribution in [1.82, 2.24) is 4.72 Å². The molecule has 0 saturated heterocycles. The van der Waals surface area contributed by atoms with Gasteiger partial charge in [0.25, 0.3) is 0 Å². The van der Waals surface area contributed by atoms with Crippen LogP contribution >= 0.6 is 0 Å². The summed E-state index contributed by atoms with van der Waals surface area (Å²) in [6, 6.07) is 5.16. The van der Waals surface area contributed by atoms with E-state index in [0.717, 1.165) is 5.56 Å². The van der Waals surface area contributed by atoms with Crippen molar-refractivity contribution in [2.24, 2.45) is 0 Å². The molecule has 0 aliphatic rings. The highest BCUT2D eigenvalue weighted by atomic mass is 32.2. The van der Waals surface area contributed by atoms with Gasteiger partial charge in [-0.1, -0.05) is 6.07 Å². The molecule has 0 amide bonds. The van der Waals surface area contributed by atoms with Gasteiger partial charge in [-0.05, 0) is 24.6 Å². The van der Waals surface area contributed by atoms with Gasteiger partial charge in [-0.15, -0.1) is 0 Å². The first kappa shape index (κ1) is 15.7. The van der Waals surface area contributed by atoms with Gasteiger partial charge in [0, 0.05) is 13.2 Å². The fourth-order valence-electron chi connectivity index (χ4n) is 1.47. The number of nitrogen functional groups attached to an aromatic ring is 1. The van der Waals surface area contributed by atoms with E-state index in [1.165, 1.54) is 7.11 Å². The molecule has 0 spiro atoms. The van der Waals surface area contributed by atoms with E-state index in [-0.39, 0.29) is 18.9 Å². The lowest BCUT2D eigenvalue weighted by molar-refractivity contribution is 0.163. The summed E-state index contributed by atoms with van der Waals surface area (Å²) in [6.07, 6.45) is 0. The van der Waals surface area contributed by atoms with E-state index in [9.17, 15) is 8.42 Å². The van der Waals surface area contributed by atoms with Crippen molar-refractivity contribution in [1.29, 1.82) is 0 Å². The van der Waals surface area contributed by atoms with Gasteiger partial charge in [0.2, 0.25) is 10.0 Å². The molecule has 19 heavy (non-hydrogen) atoms. The Labute approximate surface area is 113 Å². The van der Waals surface area contributed by atoms with Gasteiger partial charge in [-0.25, -0.2) is 13.1 Å². The highest BCUT2D eigenvalue weighted by molar-refractivity contribution is 7.89. The first-order valence-electron chi connectivity index (χ1n) is 5.96. The second kappa shape index (κ2) is 7.32. The van der Waals surface area contributed by atoms with E-state index in [1.54, 1.807) is 18.2 Å². The molecule has 0 fully saturated rings. The predicted molar refractivity (Wildman–Crippen MR) is 74.5 cm³/mol. The summed E-state index contributed by atoms with van der Waals surface area (Å²) < 4.78 is 35.8. The fourth-order valence-corrected chi connectivity index (χ4v) is 2.34. The third-order valence-electron chi connectivity index (χ3n) is 2.49. The lowest BCUT2D eigenvalue weighted by Crippen LogP contribution is -2.28. The van der Waals surface area contributed by atoms with Gasteiger partial charge < -0.3 is 15.2 Å². The van der Waals surface area contributed by atoms with Crippen LogP contribution in [0.2, 0.25) is 0 Å². The van der Waals surface area contributed by atoms with Crippen LogP contribution in [0, 0.1) is 0 Å². The summed E-state index contributed by atoms with van der Waals surface area (Å²) >= 11 is 0. The molecule has 0 saturated carbocycles. The lowest BCUT2D eigenvalue weighted by Gasteiger charge is -2.09. The zero-order valence-corrected chi connectivity index (χ0v) is 12.0. The maximum atomic E-state index is 11.6. The number of benzene rings is 1. The smallest absolute Gasteiger partial charge is 0.214 e. The Kier molecular flexibility index (Phi) is 6.07. The summed E-state index contributed by atoms with van der Waals surface area (Å²) in [5.74, 6) is 0.523. The second-order valence-corrected chi connectivity index (χ2v) is 5.84. The summed E-state index contributed by atoms with van der Waals surface area (Å²) in [4.78, 5) is 0. The van der Waals surface area contributed by atoms with Crippen LogP contribution in [0.5, 0.6) is 5.75 Å². The van der Waals surface area contributed by atoms with E-state index in [4.69, 9.17) is 15.2 Å². The number of nitrogens with two attached hydrogens (primary N) is 1. The largest absolute Gasteiger partial charge is 0.495 e. The number of nitrogens with one attached hydrogen (secondary N) is 1. The van der Waals surface area contributed by atoms with E-state index < -0.39 is 10.0 Å². The van der Waals surface area contributed by atoms with Gasteiger partial charge in [-0.2, -0.15) is 0 Å². The van der Waals surface area contributed by atoms with Crippen molar-refractivity contribution in [2.75, 3.05) is 31.8 Å². The van der Waals surface area contributed by atoms with Crippen molar-refractivity contribution in [2.45, 2.75) is 13.5 Å². The lowest BCUT2D eigenvalue weighted by atomic mass is 10.2. The molecule has 0 atom stereocenters. The summed E-state index contributed by atoms with van der Waals surface area (Å²) in [5.41, 5.74) is 7.00. The van der Waals surface area contributed by atoms with Crippen LogP contribution in [-0.4, -0.2) is 34.5 Å². The molecular formula is C12H20N2O4S. The monoisotopic (exact) mass is 288 g/mol. The van der Waals surface area contributed by atoms with Crippen LogP contribution in [-0.2, 0) is 21.3 Å². The predicted octanol–water partition coefficient (Wildman–Crippen LogP) is 0.733. The Morgan fingerprint density at radius 3 is 2.68 bits per heavy atom. The number of ether oxygens (including phenoxy) is 2. The quantitative estimate of drug-likeness (QED) is 0.543.